The minimum Gasteiger partial charge on any atom is -0.465 e. The molecule has 8 nitrogen and oxygen atoms in total. The van der Waals surface area contributed by atoms with Gasteiger partial charge in [0.1, 0.15) is 11.6 Å². The van der Waals surface area contributed by atoms with Gasteiger partial charge in [0.15, 0.2) is 0 Å². The molecule has 0 aromatic heterocycles. The first-order valence-electron chi connectivity index (χ1n) is 13.6. The molecule has 1 aromatic carbocycles. The number of fused-ring (bicyclic) bond motifs is 1. The number of esters is 1. The quantitative estimate of drug-likeness (QED) is 0.256. The Kier molecular flexibility index (Phi) is 8.43. The molecule has 206 valence electrons. The second-order valence-electron chi connectivity index (χ2n) is 10.7. The Morgan fingerprint density at radius 2 is 2.08 bits per heavy atom. The lowest BCUT2D eigenvalue weighted by Gasteiger charge is -2.39. The summed E-state index contributed by atoms with van der Waals surface area (Å²) in [5.41, 5.74) is 1.51. The molecule has 38 heavy (non-hydrogen) atoms. The monoisotopic (exact) mass is 524 g/mol. The van der Waals surface area contributed by atoms with Crippen molar-refractivity contribution in [3.8, 4) is 0 Å². The molecule has 2 amide bonds. The maximum Gasteiger partial charge on any atom is 0.312 e. The Morgan fingerprint density at radius 3 is 2.74 bits per heavy atom. The molecule has 0 radical (unpaired) electrons. The molecule has 0 aliphatic carbocycles. The highest BCUT2D eigenvalue weighted by molar-refractivity contribution is 6.05. The molecular formula is C30H40N2O6. The molecule has 8 heteroatoms. The number of unbranched alkanes of at least 4 members (excludes halogenated alkanes) is 1. The summed E-state index contributed by atoms with van der Waals surface area (Å²) in [5, 5.41) is 10.2. The molecule has 2 bridgehead atoms. The van der Waals surface area contributed by atoms with E-state index >= 15 is 0 Å². The predicted molar refractivity (Wildman–Crippen MR) is 144 cm³/mol. The van der Waals surface area contributed by atoms with Gasteiger partial charge >= 0.3 is 5.97 Å². The molecule has 4 rings (SSSR count). The van der Waals surface area contributed by atoms with Crippen LogP contribution in [0.25, 0.3) is 0 Å². The number of hydrogen-bond donors (Lipinski definition) is 1. The highest BCUT2D eigenvalue weighted by Gasteiger charge is 2.75. The fraction of sp³-hybridized carbons (Fsp3) is 0.567. The molecule has 0 saturated carbocycles. The Morgan fingerprint density at radius 1 is 1.32 bits per heavy atom. The molecule has 3 aliphatic rings. The van der Waals surface area contributed by atoms with Gasteiger partial charge in [0.05, 0.1) is 37.2 Å². The van der Waals surface area contributed by atoms with Crippen LogP contribution in [-0.4, -0.2) is 71.3 Å². The lowest BCUT2D eigenvalue weighted by molar-refractivity contribution is -0.155. The Balaban J connectivity index is 1.75. The van der Waals surface area contributed by atoms with Crippen molar-refractivity contribution in [2.75, 3.05) is 24.7 Å². The number of anilines is 1. The fourth-order valence-electron chi connectivity index (χ4n) is 6.54. The van der Waals surface area contributed by atoms with E-state index in [4.69, 9.17) is 9.47 Å². The lowest BCUT2D eigenvalue weighted by Crippen LogP contribution is -2.59. The van der Waals surface area contributed by atoms with Crippen LogP contribution in [0.3, 0.4) is 0 Å². The third-order valence-electron chi connectivity index (χ3n) is 8.35. The fourth-order valence-corrected chi connectivity index (χ4v) is 6.54. The first-order valence-corrected chi connectivity index (χ1v) is 13.6. The number of benzene rings is 1. The normalized spacial score (nSPS) is 28.2. The minimum atomic E-state index is -1.15. The first kappa shape index (κ1) is 28.0. The number of aryl methyl sites for hydroxylation is 2. The van der Waals surface area contributed by atoms with Crippen LogP contribution < -0.4 is 4.90 Å². The molecule has 2 unspecified atom stereocenters. The third-order valence-corrected chi connectivity index (χ3v) is 8.35. The summed E-state index contributed by atoms with van der Waals surface area (Å²) in [4.78, 5) is 45.1. The van der Waals surface area contributed by atoms with Crippen LogP contribution in [0.1, 0.15) is 50.2 Å². The molecule has 3 fully saturated rings. The summed E-state index contributed by atoms with van der Waals surface area (Å²) in [6.45, 7) is 13.5. The average Bonchev–Trinajstić information content (AvgIpc) is 3.55. The number of rotatable bonds is 12. The van der Waals surface area contributed by atoms with Crippen LogP contribution in [-0.2, 0) is 23.9 Å². The molecule has 1 aromatic rings. The lowest BCUT2D eigenvalue weighted by atomic mass is 9.70. The van der Waals surface area contributed by atoms with Crippen LogP contribution in [0.2, 0.25) is 0 Å². The van der Waals surface area contributed by atoms with Crippen LogP contribution >= 0.6 is 0 Å². The van der Waals surface area contributed by atoms with E-state index in [2.05, 4.69) is 13.2 Å². The van der Waals surface area contributed by atoms with Gasteiger partial charge in [0.2, 0.25) is 5.91 Å². The van der Waals surface area contributed by atoms with Gasteiger partial charge in [-0.15, -0.1) is 13.2 Å². The maximum atomic E-state index is 14.5. The van der Waals surface area contributed by atoms with Crippen LogP contribution in [0.5, 0.6) is 0 Å². The van der Waals surface area contributed by atoms with Crippen LogP contribution in [0.15, 0.2) is 43.5 Å². The predicted octanol–water partition coefficient (Wildman–Crippen LogP) is 3.48. The van der Waals surface area contributed by atoms with E-state index < -0.39 is 41.6 Å². The van der Waals surface area contributed by atoms with Crippen molar-refractivity contribution in [1.82, 2.24) is 4.90 Å². The zero-order chi connectivity index (χ0) is 27.6. The van der Waals surface area contributed by atoms with Gasteiger partial charge in [-0.05, 0) is 63.1 Å². The Labute approximate surface area is 225 Å². The highest BCUT2D eigenvalue weighted by atomic mass is 16.6. The van der Waals surface area contributed by atoms with Crippen molar-refractivity contribution in [3.63, 3.8) is 0 Å². The van der Waals surface area contributed by atoms with Gasteiger partial charge in [0.25, 0.3) is 5.91 Å². The zero-order valence-corrected chi connectivity index (χ0v) is 22.7. The number of aliphatic hydroxyl groups excluding tert-OH is 1. The Hall–Kier alpha value is -2.97. The van der Waals surface area contributed by atoms with Gasteiger partial charge in [-0.1, -0.05) is 31.2 Å². The van der Waals surface area contributed by atoms with Gasteiger partial charge < -0.3 is 24.4 Å². The number of carbonyl (C=O) groups excluding carboxylic acids is 3. The van der Waals surface area contributed by atoms with Crippen molar-refractivity contribution in [2.45, 2.75) is 76.7 Å². The van der Waals surface area contributed by atoms with Crippen molar-refractivity contribution < 1.29 is 29.0 Å². The van der Waals surface area contributed by atoms with Crippen molar-refractivity contribution >= 4 is 23.5 Å². The van der Waals surface area contributed by atoms with E-state index in [-0.39, 0.29) is 31.6 Å². The van der Waals surface area contributed by atoms with E-state index in [1.807, 2.05) is 39.0 Å². The summed E-state index contributed by atoms with van der Waals surface area (Å²) in [7, 11) is 0. The number of likely N-dealkylation sites (tertiary alicyclic amines) is 1. The molecule has 3 heterocycles. The molecule has 3 aliphatic heterocycles. The van der Waals surface area contributed by atoms with E-state index in [1.165, 1.54) is 4.90 Å². The number of allylic oxidation sites excluding steroid dienone is 1. The average molecular weight is 525 g/mol. The topological polar surface area (TPSA) is 96.4 Å². The maximum absolute atomic E-state index is 14.5. The van der Waals surface area contributed by atoms with Gasteiger partial charge in [-0.3, -0.25) is 14.4 Å². The van der Waals surface area contributed by atoms with E-state index in [0.717, 1.165) is 23.2 Å². The number of ether oxygens (including phenoxy) is 2. The van der Waals surface area contributed by atoms with Gasteiger partial charge in [-0.25, -0.2) is 0 Å². The molecule has 6 atom stereocenters. The highest BCUT2D eigenvalue weighted by Crippen LogP contribution is 2.59. The van der Waals surface area contributed by atoms with Crippen LogP contribution in [0, 0.1) is 25.7 Å². The summed E-state index contributed by atoms with van der Waals surface area (Å²) >= 11 is 0. The second-order valence-corrected chi connectivity index (χ2v) is 10.7. The zero-order valence-electron chi connectivity index (χ0n) is 22.7. The third kappa shape index (κ3) is 4.58. The summed E-state index contributed by atoms with van der Waals surface area (Å²) < 4.78 is 12.1. The largest absolute Gasteiger partial charge is 0.465 e. The molecule has 3 saturated heterocycles. The first-order chi connectivity index (χ1) is 18.2. The summed E-state index contributed by atoms with van der Waals surface area (Å²) in [5.74, 6) is -2.67. The second kappa shape index (κ2) is 11.4. The standard InChI is InChI=1S/C30H40N2O6/c1-6-9-10-16-37-29(36)24-23-13-14-30(38-23)25(24)27(34)32(21(8-3)18-33)26(30)28(35)31(15-7-2)22-17-19(4)11-12-20(22)5/h6-7,11-12,17,21,23-26,33H,1-2,8-10,13-16,18H2,3-5H3/t21-,23-,24+,25-,26?,30?/m0/s1. The smallest absolute Gasteiger partial charge is 0.312 e. The molecule has 1 spiro atoms. The van der Waals surface area contributed by atoms with E-state index in [9.17, 15) is 19.5 Å². The number of aliphatic hydroxyl groups is 1. The number of amides is 2. The van der Waals surface area contributed by atoms with Gasteiger partial charge in [-0.2, -0.15) is 0 Å². The van der Waals surface area contributed by atoms with Crippen molar-refractivity contribution in [3.05, 3.63) is 54.6 Å². The molecule has 1 N–H and O–H groups in total. The van der Waals surface area contributed by atoms with Gasteiger partial charge in [0, 0.05) is 12.2 Å². The van der Waals surface area contributed by atoms with E-state index in [1.54, 1.807) is 17.1 Å². The van der Waals surface area contributed by atoms with Crippen molar-refractivity contribution in [2.24, 2.45) is 11.8 Å². The summed E-state index contributed by atoms with van der Waals surface area (Å²) in [6.07, 6.45) is 5.83. The SMILES string of the molecule is C=CCCCOC(=O)[C@@H]1[C@@H]2CCC3(O2)C(C(=O)N(CC=C)c2cc(C)ccc2C)N([C@@H](CC)CO)C(=O)[C@H]13. The number of nitrogens with zero attached hydrogens (tertiary/aromatic N) is 2. The minimum absolute atomic E-state index is 0.238. The van der Waals surface area contributed by atoms with Crippen molar-refractivity contribution in [1.29, 1.82) is 0 Å². The number of hydrogen-bond acceptors (Lipinski definition) is 6. The van der Waals surface area contributed by atoms with E-state index in [0.29, 0.717) is 25.7 Å². The Bertz CT molecular complexity index is 1100. The molecular weight excluding hydrogens is 484 g/mol. The number of carbonyl (C=O) groups is 3. The summed E-state index contributed by atoms with van der Waals surface area (Å²) in [6, 6.07) is 4.35. The van der Waals surface area contributed by atoms with Crippen LogP contribution in [0.4, 0.5) is 5.69 Å².